The van der Waals surface area contributed by atoms with E-state index in [1.807, 2.05) is 36.4 Å². The van der Waals surface area contributed by atoms with E-state index in [4.69, 9.17) is 42.1 Å². The van der Waals surface area contributed by atoms with Crippen molar-refractivity contribution in [3.63, 3.8) is 0 Å². The summed E-state index contributed by atoms with van der Waals surface area (Å²) in [5, 5.41) is 27.4. The highest BCUT2D eigenvalue weighted by Gasteiger charge is 2.38. The number of piperazine rings is 2. The molecule has 6 aromatic carbocycles. The van der Waals surface area contributed by atoms with Gasteiger partial charge in [0.15, 0.2) is 0 Å². The molecule has 6 N–H and O–H groups in total. The topological polar surface area (TPSA) is 412 Å². The second kappa shape index (κ2) is 37.3. The summed E-state index contributed by atoms with van der Waals surface area (Å²) in [5.41, 5.74) is 10.3. The van der Waals surface area contributed by atoms with Crippen molar-refractivity contribution in [2.24, 2.45) is 22.7 Å². The van der Waals surface area contributed by atoms with Crippen LogP contribution in [0.15, 0.2) is 179 Å². The first-order chi connectivity index (χ1) is 60.3. The maximum Gasteiger partial charge on any atom is 0.277 e. The van der Waals surface area contributed by atoms with Gasteiger partial charge in [0, 0.05) is 171 Å². The predicted octanol–water partition coefficient (Wildman–Crippen LogP) is 14.2. The summed E-state index contributed by atoms with van der Waals surface area (Å²) in [5.74, 6) is -2.35. The van der Waals surface area contributed by atoms with Gasteiger partial charge < -0.3 is 38.7 Å². The fourth-order valence-electron chi connectivity index (χ4n) is 16.9. The number of anilines is 2. The van der Waals surface area contributed by atoms with E-state index in [2.05, 4.69) is 110 Å². The lowest BCUT2D eigenvalue weighted by Crippen LogP contribution is -2.47. The van der Waals surface area contributed by atoms with E-state index in [9.17, 15) is 63.5 Å². The number of carbonyl (C=O) groups excluding carboxylic acids is 2. The largest absolute Gasteiger partial charge is 0.493 e. The van der Waals surface area contributed by atoms with Crippen molar-refractivity contribution in [1.29, 1.82) is 0 Å². The first-order valence-corrected chi connectivity index (χ1v) is 48.9. The third-order valence-corrected chi connectivity index (χ3v) is 29.2. The summed E-state index contributed by atoms with van der Waals surface area (Å²) in [6.45, 7) is 18.4. The molecule has 127 heavy (non-hydrogen) atoms. The molecule has 0 unspecified atom stereocenters. The molecule has 16 rings (SSSR count). The van der Waals surface area contributed by atoms with Crippen LogP contribution in [0.1, 0.15) is 116 Å². The van der Waals surface area contributed by atoms with E-state index in [0.717, 1.165) is 130 Å². The predicted molar refractivity (Wildman–Crippen MR) is 486 cm³/mol. The molecule has 4 aromatic heterocycles. The maximum atomic E-state index is 14.0. The Labute approximate surface area is 746 Å². The molecular weight excluding hydrogens is 1750 g/mol. The zero-order valence-electron chi connectivity index (χ0n) is 70.7. The molecule has 4 aliphatic heterocycles. The molecule has 0 saturated carbocycles. The summed E-state index contributed by atoms with van der Waals surface area (Å²) < 4.78 is 136. The van der Waals surface area contributed by atoms with Crippen LogP contribution >= 0.6 is 23.2 Å². The van der Waals surface area contributed by atoms with Crippen LogP contribution in [-0.2, 0) is 52.9 Å². The van der Waals surface area contributed by atoms with E-state index in [0.29, 0.717) is 59.0 Å². The number of hydrogen-bond donors (Lipinski definition) is 6. The van der Waals surface area contributed by atoms with Gasteiger partial charge >= 0.3 is 0 Å². The summed E-state index contributed by atoms with van der Waals surface area (Å²) in [6, 6.07) is 37.3. The van der Waals surface area contributed by atoms with Crippen LogP contribution in [0.5, 0.6) is 34.5 Å². The van der Waals surface area contributed by atoms with E-state index in [1.54, 1.807) is 48.8 Å². The van der Waals surface area contributed by atoms with Gasteiger partial charge in [-0.2, -0.15) is 0 Å². The van der Waals surface area contributed by atoms with Crippen molar-refractivity contribution in [3.05, 3.63) is 233 Å². The number of halogens is 2. The van der Waals surface area contributed by atoms with Crippen LogP contribution in [0.4, 0.5) is 22.7 Å². The van der Waals surface area contributed by atoms with E-state index < -0.39 is 94.8 Å². The normalized spacial score (nSPS) is 18.1. The number of ether oxygens (including phenoxy) is 4. The van der Waals surface area contributed by atoms with Crippen molar-refractivity contribution in [2.75, 3.05) is 114 Å². The van der Waals surface area contributed by atoms with Gasteiger partial charge in [0.2, 0.25) is 20.0 Å². The molecule has 670 valence electrons. The lowest BCUT2D eigenvalue weighted by molar-refractivity contribution is -0.386. The van der Waals surface area contributed by atoms with E-state index >= 15 is 0 Å². The number of aromatic amines is 2. The Morgan fingerprint density at radius 1 is 0.543 bits per heavy atom. The number of nitrogens with one attached hydrogen (secondary N) is 6. The molecule has 2 fully saturated rings. The summed E-state index contributed by atoms with van der Waals surface area (Å²) in [7, 11) is -16.5. The lowest BCUT2D eigenvalue weighted by atomic mass is 9.72. The lowest BCUT2D eigenvalue weighted by Gasteiger charge is -2.39. The second-order valence-electron chi connectivity index (χ2n) is 34.5. The monoisotopic (exact) mass is 1850 g/mol. The summed E-state index contributed by atoms with van der Waals surface area (Å²) in [4.78, 5) is 74.0. The van der Waals surface area contributed by atoms with Crippen molar-refractivity contribution >= 4 is 131 Å². The first-order valence-electron chi connectivity index (χ1n) is 41.7. The number of sulfonamides is 4. The molecule has 6 aliphatic rings. The van der Waals surface area contributed by atoms with Crippen LogP contribution in [0, 0.1) is 42.9 Å². The molecule has 32 nitrogen and oxygen atoms in total. The molecule has 38 heteroatoms. The van der Waals surface area contributed by atoms with Gasteiger partial charge in [0.05, 0.1) is 79.5 Å². The molecule has 10 aromatic rings. The standard InChI is InChI=1S/C45H50ClN7O9S2.C44H48ClN7O9S2/c1-4-63(57,58)49-25-29-19-38-40(53(55)56)22-36(23-41(38)61-28-29)64(59,60)50-44(54)37-10-9-34(21-42(37)62-35-20-31-12-14-47-43(31)48-26-35)52-17-15-51(16-18-52)27-32-11-13-45(2,3)24-39(32)30-5-7-33(46)8-6-30;1-44(2)12-10-31(38(23-44)29-4-6-32(45)7-5-29)26-50-14-16-51(17-15-50)33-8-9-36(41(20-33)61-34-19-30-11-13-46-42(30)47-25-34)43(53)49-63(58,59)35-21-39(52(54)55)37-18-28(24-48-62(3,56)57)27-60-40(37)22-35/h5-10,12,14,20-23,26,29,49H,4,11,13,15-19,24-25,27-28H2,1-3H3,(H,47,48)(H,50,54);4-9,11,13,19-22,25,28,48H,10,12,14-18,23-24,26-27H2,1-3H3,(H,46,47)(H,49,53)/t29-;28-/m11/s1. The van der Waals surface area contributed by atoms with Crippen molar-refractivity contribution in [1.82, 2.24) is 48.6 Å². The number of pyridine rings is 2. The molecular formula is C89H98Cl2N14O18S4. The third-order valence-electron chi connectivity index (χ3n) is 24.0. The van der Waals surface area contributed by atoms with Gasteiger partial charge in [-0.1, -0.05) is 86.3 Å². The van der Waals surface area contributed by atoms with Crippen LogP contribution < -0.4 is 47.6 Å². The highest BCUT2D eigenvalue weighted by atomic mass is 35.5. The number of H-pyrrole nitrogens is 2. The smallest absolute Gasteiger partial charge is 0.277 e. The zero-order chi connectivity index (χ0) is 90.1. The van der Waals surface area contributed by atoms with Crippen LogP contribution in [0.2, 0.25) is 10.0 Å². The Bertz CT molecular complexity index is 6470. The molecule has 2 atom stereocenters. The number of allylic oxidation sites excluding steroid dienone is 2. The number of hydrogen-bond acceptors (Lipinski definition) is 24. The number of nitro benzene ring substituents is 2. The van der Waals surface area contributed by atoms with Crippen molar-refractivity contribution < 1.29 is 72.1 Å². The molecule has 2 aliphatic carbocycles. The Morgan fingerprint density at radius 2 is 0.945 bits per heavy atom. The molecule has 8 heterocycles. The van der Waals surface area contributed by atoms with Gasteiger partial charge in [0.1, 0.15) is 45.8 Å². The van der Waals surface area contributed by atoms with E-state index in [-0.39, 0.29) is 101 Å². The number of carbonyl (C=O) groups is 2. The number of benzene rings is 6. The average Bonchev–Trinajstić information content (AvgIpc) is 0.933. The minimum atomic E-state index is -4.71. The molecule has 2 saturated heterocycles. The first kappa shape index (κ1) is 90.7. The fraction of sp³-hybridized carbons (Fsp3) is 0.371. The van der Waals surface area contributed by atoms with Crippen molar-refractivity contribution in [3.8, 4) is 34.5 Å². The molecule has 2 amide bonds. The van der Waals surface area contributed by atoms with Gasteiger partial charge in [-0.25, -0.2) is 62.5 Å². The third kappa shape index (κ3) is 22.0. The molecule has 0 bridgehead atoms. The van der Waals surface area contributed by atoms with E-state index in [1.165, 1.54) is 64.9 Å². The molecule has 0 radical (unpaired) electrons. The van der Waals surface area contributed by atoms with Crippen LogP contribution in [-0.4, -0.2) is 189 Å². The minimum Gasteiger partial charge on any atom is -0.493 e. The highest BCUT2D eigenvalue weighted by molar-refractivity contribution is 7.90. The Hall–Kier alpha value is -11.1. The van der Waals surface area contributed by atoms with Gasteiger partial charge in [-0.15, -0.1) is 0 Å². The second-order valence-corrected chi connectivity index (χ2v) is 42.6. The van der Waals surface area contributed by atoms with Crippen LogP contribution in [0.25, 0.3) is 33.2 Å². The number of aromatic nitrogens is 4. The Morgan fingerprint density at radius 3 is 1.33 bits per heavy atom. The maximum absolute atomic E-state index is 14.0. The number of rotatable bonds is 27. The fourth-order valence-corrected chi connectivity index (χ4v) is 20.4. The quantitative estimate of drug-likeness (QED) is 0.0206. The van der Waals surface area contributed by atoms with Gasteiger partial charge in [-0.3, -0.25) is 39.6 Å². The Balaban J connectivity index is 0.000000196. The van der Waals surface area contributed by atoms with Crippen molar-refractivity contribution in [2.45, 2.75) is 95.8 Å². The summed E-state index contributed by atoms with van der Waals surface area (Å²) >= 11 is 12.5. The molecule has 0 spiro atoms. The van der Waals surface area contributed by atoms with Gasteiger partial charge in [-0.05, 0) is 164 Å². The highest BCUT2D eigenvalue weighted by Crippen LogP contribution is 2.47. The number of fused-ring (bicyclic) bond motifs is 4. The van der Waals surface area contributed by atoms with Gasteiger partial charge in [0.25, 0.3) is 43.2 Å². The SMILES string of the molecule is CC1(C)CCC(CN2CCN(c3ccc(C(=O)NS(=O)(=O)c4cc5c(c([N+](=O)[O-])c4)C[C@H](CNS(C)(=O)=O)CO5)c(Oc4cnc5[nH]ccc5c4)c3)CC2)=C(c2ccc(Cl)cc2)C1.CCS(=O)(=O)NC[C@@H]1COc2cc(S(=O)(=O)NC(=O)c3ccc(N4CCN(CC5=C(c6ccc(Cl)cc6)CC(C)(C)CC5)CC4)cc3Oc3cnc4[nH]ccc4c3)cc([N+](=O)[O-])c2C1. The van der Waals surface area contributed by atoms with Crippen LogP contribution in [0.3, 0.4) is 0 Å². The number of amides is 2. The zero-order valence-corrected chi connectivity index (χ0v) is 75.5. The summed E-state index contributed by atoms with van der Waals surface area (Å²) in [6.07, 6.45) is 13.9. The number of nitro groups is 2. The Kier molecular flexibility index (Phi) is 26.7. The minimum absolute atomic E-state index is 0.0128. The number of nitrogens with zero attached hydrogens (tertiary/aromatic N) is 8. The average molecular weight is 1850 g/mol.